The fourth-order valence-electron chi connectivity index (χ4n) is 7.07. The third kappa shape index (κ3) is 98.8. The minimum Gasteiger partial charge on any atom is -0.418 e. The Labute approximate surface area is 396 Å². The molecule has 376 valence electrons. The fourth-order valence-corrected chi connectivity index (χ4v) is 12.6. The molecule has 0 saturated heterocycles. The fraction of sp³-hybridized carbons (Fsp3) is 0.957. The van der Waals surface area contributed by atoms with Crippen LogP contribution in [-0.2, 0) is 20.4 Å². The van der Waals surface area contributed by atoms with Crippen molar-refractivity contribution in [3.05, 3.63) is 0 Å². The van der Waals surface area contributed by atoms with Crippen LogP contribution in [0.15, 0.2) is 0 Å². The van der Waals surface area contributed by atoms with Crippen LogP contribution in [0.1, 0.15) is 253 Å². The average Bonchev–Trinajstić information content (AvgIpc) is 3.17. The predicted octanol–water partition coefficient (Wildman–Crippen LogP) is 20.6. The zero-order valence-corrected chi connectivity index (χ0v) is 44.2. The summed E-state index contributed by atoms with van der Waals surface area (Å²) in [5, 5.41) is 14.6. The molecule has 0 amide bonds. The molecule has 0 fully saturated rings. The Hall–Kier alpha value is 0.0722. The molecule has 0 aromatic heterocycles. The maximum absolute atomic E-state index is 9.75. The number of unbranched alkanes of at least 4 members (excludes halogenated alkanes) is 28. The van der Waals surface area contributed by atoms with Crippen molar-refractivity contribution in [2.24, 2.45) is 0 Å². The first-order chi connectivity index (χ1) is 29.1. The summed E-state index contributed by atoms with van der Waals surface area (Å²) in [6.45, 7) is 12.2. The van der Waals surface area contributed by atoms with E-state index in [-0.39, 0.29) is 20.4 Å². The second kappa shape index (κ2) is 63.2. The third-order valence-electron chi connectivity index (χ3n) is 10.3. The number of rotatable bonds is 40. The molecule has 0 aliphatic rings. The first kappa shape index (κ1) is 73.6. The molecule has 15 heteroatoms. The number of nitriles is 2. The molecule has 2 nitrogen and oxygen atoms in total. The molecule has 0 unspecified atom stereocenters. The van der Waals surface area contributed by atoms with Gasteiger partial charge in [0.1, 0.15) is 0 Å². The number of nitrogens with zero attached hydrogens (tertiary/aromatic N) is 2. The van der Waals surface area contributed by atoms with Crippen LogP contribution in [0.5, 0.6) is 0 Å². The summed E-state index contributed by atoms with van der Waals surface area (Å²) < 4.78 is 78.0. The van der Waals surface area contributed by atoms with Crippen LogP contribution in [0.3, 0.4) is 0 Å². The summed E-state index contributed by atoms with van der Waals surface area (Å²) in [4.78, 5) is 0. The molecule has 0 aromatic carbocycles. The Morgan fingerprint density at radius 2 is 0.403 bits per heavy atom. The van der Waals surface area contributed by atoms with Gasteiger partial charge in [-0.15, -0.1) is 15.8 Å². The van der Waals surface area contributed by atoms with Crippen molar-refractivity contribution in [1.29, 1.82) is 10.5 Å². The molecule has 62 heavy (non-hydrogen) atoms. The van der Waals surface area contributed by atoms with Gasteiger partial charge in [0, 0.05) is 13.8 Å². The van der Waals surface area contributed by atoms with Crippen LogP contribution in [-0.4, -0.2) is 51.5 Å². The van der Waals surface area contributed by atoms with Gasteiger partial charge in [-0.25, -0.2) is 0 Å². The van der Waals surface area contributed by atoms with E-state index in [1.54, 1.807) is 81.2 Å². The van der Waals surface area contributed by atoms with E-state index in [0.717, 1.165) is 0 Å². The van der Waals surface area contributed by atoms with Gasteiger partial charge < -0.3 is 34.5 Å². The van der Waals surface area contributed by atoms with Gasteiger partial charge in [-0.2, -0.15) is 10.5 Å². The normalized spacial score (nSPS) is 10.8. The van der Waals surface area contributed by atoms with Gasteiger partial charge in [0.2, 0.25) is 0 Å². The summed E-state index contributed by atoms with van der Waals surface area (Å²) in [6.07, 6.45) is 58.7. The molecule has 0 rings (SSSR count). The molecule has 0 saturated carbocycles. The zero-order valence-electron chi connectivity index (χ0n) is 40.9. The second-order valence-electron chi connectivity index (χ2n) is 16.4. The van der Waals surface area contributed by atoms with Crippen molar-refractivity contribution in [3.63, 3.8) is 0 Å². The molecule has 0 aliphatic carbocycles. The van der Waals surface area contributed by atoms with Gasteiger partial charge in [0.05, 0.1) is 12.1 Å². The molecule has 0 N–H and O–H groups in total. The van der Waals surface area contributed by atoms with Crippen molar-refractivity contribution >= 4 is 30.4 Å². The molecule has 0 heterocycles. The van der Waals surface area contributed by atoms with Crippen molar-refractivity contribution < 1.29 is 54.9 Å². The van der Waals surface area contributed by atoms with Gasteiger partial charge >= 0.3 is 34.9 Å². The van der Waals surface area contributed by atoms with Crippen LogP contribution in [0.4, 0.5) is 34.5 Å². The van der Waals surface area contributed by atoms with Crippen LogP contribution in [0.25, 0.3) is 0 Å². The molecule has 0 spiro atoms. The quantitative estimate of drug-likeness (QED) is 0.0266. The van der Waals surface area contributed by atoms with E-state index in [2.05, 4.69) is 27.7 Å². The summed E-state index contributed by atoms with van der Waals surface area (Å²) in [5.74, 6) is 0. The predicted molar refractivity (Wildman–Crippen MR) is 261 cm³/mol. The number of halogens is 8. The van der Waals surface area contributed by atoms with E-state index in [1.807, 2.05) is 0 Å². The van der Waals surface area contributed by atoms with Crippen LogP contribution < -0.4 is 0 Å². The van der Waals surface area contributed by atoms with E-state index in [9.17, 15) is 34.5 Å². The van der Waals surface area contributed by atoms with Crippen molar-refractivity contribution in [2.45, 2.75) is 253 Å². The maximum Gasteiger partial charge on any atom is 2.00 e. The van der Waals surface area contributed by atoms with Gasteiger partial charge in [0.25, 0.3) is 0 Å². The molecular weight excluding hydrogens is 935 g/mol. The minimum absolute atomic E-state index is 0. The number of hydrogen-bond donors (Lipinski definition) is 0. The minimum atomic E-state index is -6.00. The summed E-state index contributed by atoms with van der Waals surface area (Å²) in [7, 11) is -11.4. The average molecular weight is 1030 g/mol. The largest absolute Gasteiger partial charge is 2.00 e. The Morgan fingerprint density at radius 3 is 0.548 bits per heavy atom. The number of hydrogen-bond acceptors (Lipinski definition) is 2. The Morgan fingerprint density at radius 1 is 0.290 bits per heavy atom. The third-order valence-corrected chi connectivity index (χ3v) is 16.0. The van der Waals surface area contributed by atoms with Gasteiger partial charge in [-0.05, 0) is 69.1 Å². The van der Waals surface area contributed by atoms with Crippen LogP contribution in [0.2, 0.25) is 0 Å². The van der Waals surface area contributed by atoms with Crippen LogP contribution in [0, 0.1) is 22.7 Å². The van der Waals surface area contributed by atoms with E-state index < -0.39 is 14.5 Å². The van der Waals surface area contributed by atoms with E-state index in [4.69, 9.17) is 10.5 Å². The first-order valence-corrected chi connectivity index (χ1v) is 28.7. The van der Waals surface area contributed by atoms with Gasteiger partial charge in [-0.3, -0.25) is 0 Å². The standard InChI is InChI=1S/C43H90P2.2C2H3N.2BF4.Pd/c1-5-9-13-17-21-25-29-33-38-44(39-34-30-26-22-18-14-10-6-2)42-37-43-45(40-35-31-27-23-19-15-11-7-3)41-36-32-28-24-20-16-12-8-4;2*1-2-3;2*2-1(3,4)5;/h5-43H2,1-4H3;2*1H3;;;/q;;;2*-1;+2. The van der Waals surface area contributed by atoms with E-state index >= 15 is 0 Å². The Bertz CT molecular complexity index is 763. The first-order valence-electron chi connectivity index (χ1n) is 24.9. The van der Waals surface area contributed by atoms with Gasteiger partial charge in [0.15, 0.2) is 0 Å². The SMILES string of the molecule is CC#N.CC#N.CCCCCCCCCCP(CCCCCCCCCC)CCCP(CCCCCCCCCC)CCCCCCCCCC.F[B-](F)(F)F.F[B-](F)(F)F.[Pd+2]. The summed E-state index contributed by atoms with van der Waals surface area (Å²) >= 11 is 0. The van der Waals surface area contributed by atoms with Crippen molar-refractivity contribution in [3.8, 4) is 12.1 Å². The molecule has 0 radical (unpaired) electrons. The zero-order chi connectivity index (χ0) is 47.1. The van der Waals surface area contributed by atoms with Crippen molar-refractivity contribution in [2.75, 3.05) is 37.0 Å². The smallest absolute Gasteiger partial charge is 0.418 e. The van der Waals surface area contributed by atoms with E-state index in [0.29, 0.717) is 15.8 Å². The summed E-state index contributed by atoms with van der Waals surface area (Å²) in [6, 6.07) is 3.50. The molecule has 0 aliphatic heterocycles. The van der Waals surface area contributed by atoms with Gasteiger partial charge in [-0.1, -0.05) is 207 Å². The monoisotopic (exact) mass is 1030 g/mol. The molecular formula is C47H96B2F8N2P2Pd. The Balaban J connectivity index is -0.000000391. The summed E-state index contributed by atoms with van der Waals surface area (Å²) in [5.41, 5.74) is 0. The van der Waals surface area contributed by atoms with Crippen molar-refractivity contribution in [1.82, 2.24) is 0 Å². The Kier molecular flexibility index (Phi) is 75.0. The molecule has 0 bridgehead atoms. The topological polar surface area (TPSA) is 47.6 Å². The van der Waals surface area contributed by atoms with E-state index in [1.165, 1.54) is 194 Å². The maximum atomic E-state index is 9.75. The second-order valence-corrected chi connectivity index (χ2v) is 21.7. The molecule has 0 atom stereocenters. The molecule has 0 aromatic rings. The van der Waals surface area contributed by atoms with Crippen LogP contribution >= 0.6 is 15.8 Å².